The van der Waals surface area contributed by atoms with Gasteiger partial charge in [-0.3, -0.25) is 18.7 Å². The molecule has 0 atom stereocenters. The second-order valence-electron chi connectivity index (χ2n) is 8.31. The summed E-state index contributed by atoms with van der Waals surface area (Å²) in [6, 6.07) is 18.5. The fourth-order valence-corrected chi connectivity index (χ4v) is 4.01. The van der Waals surface area contributed by atoms with Gasteiger partial charge in [0.15, 0.2) is 5.65 Å². The molecule has 1 amide bonds. The van der Waals surface area contributed by atoms with Crippen molar-refractivity contribution < 1.29 is 9.21 Å². The third kappa shape index (κ3) is 4.70. The van der Waals surface area contributed by atoms with E-state index in [0.29, 0.717) is 23.6 Å². The van der Waals surface area contributed by atoms with Gasteiger partial charge in [-0.2, -0.15) is 0 Å². The SMILES string of the molecule is CC(=O)Nc1ccc(Cc2nc3c([nH]2)c(=O)n(Cc2ccccc2)c(=O)n3Cc2ccoc2)cc1. The largest absolute Gasteiger partial charge is 0.472 e. The minimum absolute atomic E-state index is 0.141. The molecule has 9 nitrogen and oxygen atoms in total. The predicted molar refractivity (Wildman–Crippen MR) is 132 cm³/mol. The Morgan fingerprint density at radius 3 is 2.37 bits per heavy atom. The Bertz CT molecular complexity index is 1590. The molecule has 0 aliphatic rings. The number of imidazole rings is 1. The van der Waals surface area contributed by atoms with Crippen molar-refractivity contribution in [2.45, 2.75) is 26.4 Å². The number of carbonyl (C=O) groups is 1. The Morgan fingerprint density at radius 1 is 0.943 bits per heavy atom. The summed E-state index contributed by atoms with van der Waals surface area (Å²) in [5.41, 5.74) is 2.98. The first-order valence-electron chi connectivity index (χ1n) is 11.1. The number of carbonyl (C=O) groups excluding carboxylic acids is 1. The maximum Gasteiger partial charge on any atom is 0.333 e. The van der Waals surface area contributed by atoms with Crippen molar-refractivity contribution >= 4 is 22.8 Å². The number of amides is 1. The molecule has 0 bridgehead atoms. The van der Waals surface area contributed by atoms with Crippen LogP contribution in [0.3, 0.4) is 0 Å². The van der Waals surface area contributed by atoms with Crippen molar-refractivity contribution in [3.63, 3.8) is 0 Å². The summed E-state index contributed by atoms with van der Waals surface area (Å²) in [6.07, 6.45) is 3.53. The van der Waals surface area contributed by atoms with Crippen LogP contribution in [0.2, 0.25) is 0 Å². The van der Waals surface area contributed by atoms with Crippen LogP contribution in [0.1, 0.15) is 29.4 Å². The number of aromatic amines is 1. The van der Waals surface area contributed by atoms with E-state index < -0.39 is 11.2 Å². The molecule has 0 aliphatic carbocycles. The zero-order valence-electron chi connectivity index (χ0n) is 19.0. The number of benzene rings is 2. The van der Waals surface area contributed by atoms with E-state index in [1.54, 1.807) is 24.5 Å². The second-order valence-corrected chi connectivity index (χ2v) is 8.31. The Labute approximate surface area is 199 Å². The van der Waals surface area contributed by atoms with Gasteiger partial charge in [0.25, 0.3) is 5.56 Å². The van der Waals surface area contributed by atoms with Gasteiger partial charge in [0, 0.05) is 24.6 Å². The van der Waals surface area contributed by atoms with Crippen LogP contribution in [-0.4, -0.2) is 25.0 Å². The van der Waals surface area contributed by atoms with Crippen LogP contribution in [0.4, 0.5) is 5.69 Å². The van der Waals surface area contributed by atoms with Crippen molar-refractivity contribution in [1.29, 1.82) is 0 Å². The maximum atomic E-state index is 13.4. The molecular weight excluding hydrogens is 446 g/mol. The van der Waals surface area contributed by atoms with E-state index >= 15 is 0 Å². The lowest BCUT2D eigenvalue weighted by atomic mass is 10.1. The molecule has 5 rings (SSSR count). The van der Waals surface area contributed by atoms with Gasteiger partial charge in [-0.25, -0.2) is 9.78 Å². The molecule has 0 radical (unpaired) electrons. The van der Waals surface area contributed by atoms with Gasteiger partial charge >= 0.3 is 5.69 Å². The lowest BCUT2D eigenvalue weighted by Gasteiger charge is -2.10. The molecule has 5 aromatic rings. The summed E-state index contributed by atoms with van der Waals surface area (Å²) >= 11 is 0. The molecule has 3 heterocycles. The molecule has 2 aromatic carbocycles. The Hall–Kier alpha value is -4.66. The van der Waals surface area contributed by atoms with Crippen LogP contribution < -0.4 is 16.6 Å². The summed E-state index contributed by atoms with van der Waals surface area (Å²) in [7, 11) is 0. The highest BCUT2D eigenvalue weighted by molar-refractivity contribution is 5.88. The number of nitrogens with zero attached hydrogens (tertiary/aromatic N) is 3. The topological polar surface area (TPSA) is 115 Å². The molecule has 0 saturated heterocycles. The van der Waals surface area contributed by atoms with Crippen molar-refractivity contribution in [2.75, 3.05) is 5.32 Å². The van der Waals surface area contributed by atoms with Crippen LogP contribution >= 0.6 is 0 Å². The van der Waals surface area contributed by atoms with Crippen LogP contribution in [0.25, 0.3) is 11.2 Å². The molecule has 0 unspecified atom stereocenters. The van der Waals surface area contributed by atoms with Crippen molar-refractivity contribution in [2.24, 2.45) is 0 Å². The van der Waals surface area contributed by atoms with Crippen molar-refractivity contribution in [1.82, 2.24) is 19.1 Å². The van der Waals surface area contributed by atoms with Gasteiger partial charge in [-0.15, -0.1) is 0 Å². The standard InChI is InChI=1S/C26H23N5O4/c1-17(32)27-21-9-7-18(8-10-21)13-22-28-23-24(29-22)30(15-20-11-12-35-16-20)26(34)31(25(23)33)14-19-5-3-2-4-6-19/h2-12,16H,13-15H2,1H3,(H,27,32)(H,28,29). The van der Waals surface area contributed by atoms with E-state index in [4.69, 9.17) is 4.42 Å². The van der Waals surface area contributed by atoms with Crippen LogP contribution in [0, 0.1) is 0 Å². The lowest BCUT2D eigenvalue weighted by molar-refractivity contribution is -0.114. The van der Waals surface area contributed by atoms with E-state index in [9.17, 15) is 14.4 Å². The quantitative estimate of drug-likeness (QED) is 0.380. The van der Waals surface area contributed by atoms with Crippen molar-refractivity contribution in [3.8, 4) is 0 Å². The second kappa shape index (κ2) is 9.30. The van der Waals surface area contributed by atoms with E-state index in [0.717, 1.165) is 16.7 Å². The molecule has 176 valence electrons. The fraction of sp³-hybridized carbons (Fsp3) is 0.154. The van der Waals surface area contributed by atoms with Crippen molar-refractivity contribution in [3.05, 3.63) is 117 Å². The molecule has 0 spiro atoms. The number of nitrogens with one attached hydrogen (secondary N) is 2. The van der Waals surface area contributed by atoms with Crippen LogP contribution in [0.5, 0.6) is 0 Å². The average molecular weight is 470 g/mol. The van der Waals surface area contributed by atoms with Gasteiger partial charge in [0.2, 0.25) is 5.91 Å². The number of hydrogen-bond acceptors (Lipinski definition) is 5. The first kappa shape index (κ1) is 22.1. The Kier molecular flexibility index (Phi) is 5.88. The van der Waals surface area contributed by atoms with Gasteiger partial charge in [0.1, 0.15) is 11.3 Å². The number of aromatic nitrogens is 4. The summed E-state index contributed by atoms with van der Waals surface area (Å²) in [5.74, 6) is 0.416. The zero-order chi connectivity index (χ0) is 24.4. The monoisotopic (exact) mass is 469 g/mol. The minimum Gasteiger partial charge on any atom is -0.472 e. The number of fused-ring (bicyclic) bond motifs is 1. The summed E-state index contributed by atoms with van der Waals surface area (Å²) < 4.78 is 7.88. The first-order chi connectivity index (χ1) is 17.0. The number of furan rings is 1. The van der Waals surface area contributed by atoms with Crippen LogP contribution in [0.15, 0.2) is 87.2 Å². The summed E-state index contributed by atoms with van der Waals surface area (Å²) in [6.45, 7) is 1.82. The van der Waals surface area contributed by atoms with Gasteiger partial charge in [-0.05, 0) is 29.3 Å². The van der Waals surface area contributed by atoms with Gasteiger partial charge in [-0.1, -0.05) is 42.5 Å². The summed E-state index contributed by atoms with van der Waals surface area (Å²) in [5, 5.41) is 2.73. The van der Waals surface area contributed by atoms with E-state index in [-0.39, 0.29) is 24.5 Å². The molecular formula is C26H23N5O4. The number of H-pyrrole nitrogens is 1. The Balaban J connectivity index is 1.56. The highest BCUT2D eigenvalue weighted by Gasteiger charge is 2.18. The molecule has 0 fully saturated rings. The number of anilines is 1. The fourth-order valence-electron chi connectivity index (χ4n) is 4.01. The highest BCUT2D eigenvalue weighted by atomic mass is 16.3. The third-order valence-corrected chi connectivity index (χ3v) is 5.66. The molecule has 2 N–H and O–H groups in total. The maximum absolute atomic E-state index is 13.4. The number of hydrogen-bond donors (Lipinski definition) is 2. The lowest BCUT2D eigenvalue weighted by Crippen LogP contribution is -2.40. The molecule has 0 saturated carbocycles. The molecule has 9 heteroatoms. The van der Waals surface area contributed by atoms with Crippen LogP contribution in [-0.2, 0) is 24.3 Å². The number of rotatable bonds is 7. The molecule has 35 heavy (non-hydrogen) atoms. The zero-order valence-corrected chi connectivity index (χ0v) is 19.0. The molecule has 0 aliphatic heterocycles. The van der Waals surface area contributed by atoms with Gasteiger partial charge < -0.3 is 14.7 Å². The smallest absolute Gasteiger partial charge is 0.333 e. The van der Waals surface area contributed by atoms with E-state index in [1.165, 1.54) is 22.3 Å². The molecule has 3 aromatic heterocycles. The Morgan fingerprint density at radius 2 is 1.69 bits per heavy atom. The first-order valence-corrected chi connectivity index (χ1v) is 11.1. The third-order valence-electron chi connectivity index (χ3n) is 5.66. The minimum atomic E-state index is -0.440. The van der Waals surface area contributed by atoms with Gasteiger partial charge in [0.05, 0.1) is 25.6 Å². The average Bonchev–Trinajstić information content (AvgIpc) is 3.51. The van der Waals surface area contributed by atoms with E-state index in [2.05, 4.69) is 15.3 Å². The highest BCUT2D eigenvalue weighted by Crippen LogP contribution is 2.15. The normalized spacial score (nSPS) is 11.1. The summed E-state index contributed by atoms with van der Waals surface area (Å²) in [4.78, 5) is 45.8. The van der Waals surface area contributed by atoms with E-state index in [1.807, 2.05) is 42.5 Å². The predicted octanol–water partition coefficient (Wildman–Crippen LogP) is 3.13.